The van der Waals surface area contributed by atoms with Gasteiger partial charge in [-0.3, -0.25) is 9.78 Å². The molecule has 2 N–H and O–H groups in total. The Kier molecular flexibility index (Phi) is 4.83. The summed E-state index contributed by atoms with van der Waals surface area (Å²) in [6.45, 7) is 0. The molecule has 0 aromatic carbocycles. The van der Waals surface area contributed by atoms with E-state index in [0.717, 1.165) is 30.5 Å². The molecular weight excluding hydrogens is 348 g/mol. The minimum Gasteiger partial charge on any atom is -0.351 e. The van der Waals surface area contributed by atoms with Crippen LogP contribution in [0, 0.1) is 0 Å². The molecule has 1 saturated carbocycles. The second kappa shape index (κ2) is 7.57. The molecule has 26 heavy (non-hydrogen) atoms. The van der Waals surface area contributed by atoms with Crippen molar-refractivity contribution in [2.75, 3.05) is 5.32 Å². The normalized spacial score (nSPS) is 19.2. The van der Waals surface area contributed by atoms with E-state index in [9.17, 15) is 4.79 Å². The number of carbonyl (C=O) groups excluding carboxylic acids is 1. The molecule has 0 saturated heterocycles. The largest absolute Gasteiger partial charge is 0.351 e. The Morgan fingerprint density at radius 3 is 2.88 bits per heavy atom. The van der Waals surface area contributed by atoms with Gasteiger partial charge in [-0.15, -0.1) is 11.3 Å². The maximum atomic E-state index is 12.1. The number of pyridine rings is 1. The third-order valence-electron chi connectivity index (χ3n) is 4.38. The summed E-state index contributed by atoms with van der Waals surface area (Å²) in [5.41, 5.74) is 3.94. The monoisotopic (exact) mass is 366 g/mol. The molecule has 2 atom stereocenters. The van der Waals surface area contributed by atoms with Crippen LogP contribution in [0.15, 0.2) is 47.7 Å². The third kappa shape index (κ3) is 3.85. The average Bonchev–Trinajstić information content (AvgIpc) is 3.35. The molecular formula is C18H18N6OS. The number of aromatic nitrogens is 4. The van der Waals surface area contributed by atoms with Crippen molar-refractivity contribution in [3.8, 4) is 11.3 Å². The number of carbonyl (C=O) groups is 1. The predicted octanol–water partition coefficient (Wildman–Crippen LogP) is 2.76. The number of amides is 1. The van der Waals surface area contributed by atoms with Gasteiger partial charge in [0.2, 0.25) is 5.95 Å². The van der Waals surface area contributed by atoms with Crippen LogP contribution in [0.25, 0.3) is 11.3 Å². The van der Waals surface area contributed by atoms with E-state index in [2.05, 4.69) is 30.6 Å². The van der Waals surface area contributed by atoms with Gasteiger partial charge in [0.1, 0.15) is 5.69 Å². The van der Waals surface area contributed by atoms with Crippen molar-refractivity contribution in [1.82, 2.24) is 25.3 Å². The Morgan fingerprint density at radius 1 is 1.15 bits per heavy atom. The number of hydrogen-bond donors (Lipinski definition) is 2. The molecule has 1 fully saturated rings. The highest BCUT2D eigenvalue weighted by Crippen LogP contribution is 2.23. The van der Waals surface area contributed by atoms with Gasteiger partial charge in [0, 0.05) is 41.6 Å². The lowest BCUT2D eigenvalue weighted by atomic mass is 10.2. The van der Waals surface area contributed by atoms with Crippen LogP contribution >= 0.6 is 11.3 Å². The first-order valence-corrected chi connectivity index (χ1v) is 9.41. The summed E-state index contributed by atoms with van der Waals surface area (Å²) in [5, 5.41) is 8.19. The number of thiazole rings is 1. The van der Waals surface area contributed by atoms with Gasteiger partial charge in [-0.1, -0.05) is 0 Å². The van der Waals surface area contributed by atoms with E-state index in [1.54, 1.807) is 29.5 Å². The number of rotatable bonds is 5. The maximum Gasteiger partial charge on any atom is 0.270 e. The molecule has 1 aliphatic rings. The van der Waals surface area contributed by atoms with Gasteiger partial charge < -0.3 is 10.6 Å². The van der Waals surface area contributed by atoms with E-state index >= 15 is 0 Å². The van der Waals surface area contributed by atoms with Crippen molar-refractivity contribution < 1.29 is 4.79 Å². The minimum absolute atomic E-state index is 0.105. The van der Waals surface area contributed by atoms with Gasteiger partial charge in [0.05, 0.1) is 11.2 Å². The summed E-state index contributed by atoms with van der Waals surface area (Å²) in [5.74, 6) is 0.495. The maximum absolute atomic E-state index is 12.1. The van der Waals surface area contributed by atoms with Gasteiger partial charge in [-0.05, 0) is 37.5 Å². The number of nitrogens with one attached hydrogen (secondary N) is 2. The van der Waals surface area contributed by atoms with Crippen LogP contribution < -0.4 is 10.6 Å². The first-order chi connectivity index (χ1) is 12.8. The highest BCUT2D eigenvalue weighted by atomic mass is 32.1. The summed E-state index contributed by atoms with van der Waals surface area (Å²) in [7, 11) is 0. The molecule has 3 heterocycles. The van der Waals surface area contributed by atoms with Crippen LogP contribution in [0.3, 0.4) is 0 Å². The second-order valence-corrected chi connectivity index (χ2v) is 6.92. The van der Waals surface area contributed by atoms with Gasteiger partial charge in [0.25, 0.3) is 5.91 Å². The fraction of sp³-hybridized carbons (Fsp3) is 0.278. The molecule has 0 aliphatic heterocycles. The first-order valence-electron chi connectivity index (χ1n) is 8.47. The van der Waals surface area contributed by atoms with Gasteiger partial charge in [-0.25, -0.2) is 15.0 Å². The molecule has 0 spiro atoms. The number of nitrogens with zero attached hydrogens (tertiary/aromatic N) is 4. The standard InChI is InChI=1S/C18H18N6OS/c25-17(16-10-26-11-21-16)22-13-3-4-14(8-13)23-18-20-7-5-15(24-18)12-2-1-6-19-9-12/h1-2,5-7,9-11,13-14H,3-4,8H2,(H,22,25)(H,20,23,24)/t13-,14-/m0/s1. The lowest BCUT2D eigenvalue weighted by Crippen LogP contribution is -2.34. The number of hydrogen-bond acceptors (Lipinski definition) is 7. The van der Waals surface area contributed by atoms with Gasteiger partial charge in [0.15, 0.2) is 0 Å². The van der Waals surface area contributed by atoms with Crippen LogP contribution in [0.5, 0.6) is 0 Å². The zero-order valence-corrected chi connectivity index (χ0v) is 14.8. The summed E-state index contributed by atoms with van der Waals surface area (Å²) >= 11 is 1.42. The molecule has 4 rings (SSSR count). The Balaban J connectivity index is 1.36. The van der Waals surface area contributed by atoms with Crippen molar-refractivity contribution in [3.63, 3.8) is 0 Å². The van der Waals surface area contributed by atoms with Crippen molar-refractivity contribution in [2.45, 2.75) is 31.3 Å². The van der Waals surface area contributed by atoms with E-state index in [-0.39, 0.29) is 18.0 Å². The summed E-state index contributed by atoms with van der Waals surface area (Å²) in [6.07, 6.45) is 8.00. The fourth-order valence-electron chi connectivity index (χ4n) is 3.11. The third-order valence-corrected chi connectivity index (χ3v) is 4.97. The Bertz CT molecular complexity index is 870. The van der Waals surface area contributed by atoms with E-state index in [4.69, 9.17) is 0 Å². The Hall–Kier alpha value is -2.87. The van der Waals surface area contributed by atoms with E-state index in [1.165, 1.54) is 11.3 Å². The lowest BCUT2D eigenvalue weighted by molar-refractivity contribution is 0.0933. The van der Waals surface area contributed by atoms with Crippen LogP contribution in [-0.2, 0) is 0 Å². The van der Waals surface area contributed by atoms with E-state index < -0.39 is 0 Å². The fourth-order valence-corrected chi connectivity index (χ4v) is 3.65. The topological polar surface area (TPSA) is 92.7 Å². The van der Waals surface area contributed by atoms with Crippen molar-refractivity contribution >= 4 is 23.2 Å². The van der Waals surface area contributed by atoms with Crippen molar-refractivity contribution in [3.05, 3.63) is 53.4 Å². The van der Waals surface area contributed by atoms with Crippen LogP contribution in [0.2, 0.25) is 0 Å². The molecule has 1 aliphatic carbocycles. The zero-order valence-electron chi connectivity index (χ0n) is 14.0. The summed E-state index contributed by atoms with van der Waals surface area (Å²) in [4.78, 5) is 29.2. The summed E-state index contributed by atoms with van der Waals surface area (Å²) in [6, 6.07) is 6.10. The van der Waals surface area contributed by atoms with Crippen molar-refractivity contribution in [1.29, 1.82) is 0 Å². The van der Waals surface area contributed by atoms with Gasteiger partial charge >= 0.3 is 0 Å². The van der Waals surface area contributed by atoms with Crippen molar-refractivity contribution in [2.24, 2.45) is 0 Å². The van der Waals surface area contributed by atoms with Crippen LogP contribution in [0.4, 0.5) is 5.95 Å². The van der Waals surface area contributed by atoms with Gasteiger partial charge in [-0.2, -0.15) is 0 Å². The SMILES string of the molecule is O=C(N[C@H]1CC[C@H](Nc2nccc(-c3cccnc3)n2)C1)c1cscn1. The molecule has 0 radical (unpaired) electrons. The lowest BCUT2D eigenvalue weighted by Gasteiger charge is -2.14. The highest BCUT2D eigenvalue weighted by Gasteiger charge is 2.27. The van der Waals surface area contributed by atoms with Crippen LogP contribution in [-0.4, -0.2) is 37.9 Å². The van der Waals surface area contributed by atoms with E-state index in [1.807, 2.05) is 18.2 Å². The first kappa shape index (κ1) is 16.6. The molecule has 0 bridgehead atoms. The second-order valence-electron chi connectivity index (χ2n) is 6.21. The average molecular weight is 366 g/mol. The van der Waals surface area contributed by atoms with Crippen LogP contribution in [0.1, 0.15) is 29.8 Å². The van der Waals surface area contributed by atoms with E-state index in [0.29, 0.717) is 11.6 Å². The Morgan fingerprint density at radius 2 is 2.08 bits per heavy atom. The molecule has 3 aromatic heterocycles. The zero-order chi connectivity index (χ0) is 17.8. The molecule has 132 valence electrons. The molecule has 8 heteroatoms. The predicted molar refractivity (Wildman–Crippen MR) is 99.9 cm³/mol. The summed E-state index contributed by atoms with van der Waals surface area (Å²) < 4.78 is 0. The Labute approximate surface area is 155 Å². The molecule has 3 aromatic rings. The highest BCUT2D eigenvalue weighted by molar-refractivity contribution is 7.07. The smallest absolute Gasteiger partial charge is 0.270 e. The minimum atomic E-state index is -0.105. The molecule has 1 amide bonds. The quantitative estimate of drug-likeness (QED) is 0.721. The number of anilines is 1. The molecule has 0 unspecified atom stereocenters. The molecule has 7 nitrogen and oxygen atoms in total.